The molecule has 6 heteroatoms. The molecule has 15 heavy (non-hydrogen) atoms. The van der Waals surface area contributed by atoms with Crippen LogP contribution in [0.3, 0.4) is 0 Å². The van der Waals surface area contributed by atoms with Crippen molar-refractivity contribution in [2.24, 2.45) is 0 Å². The van der Waals surface area contributed by atoms with Crippen molar-refractivity contribution in [2.45, 2.75) is 18.9 Å². The van der Waals surface area contributed by atoms with E-state index in [1.165, 1.54) is 6.42 Å². The van der Waals surface area contributed by atoms with Crippen LogP contribution in [-0.2, 0) is 4.79 Å². The third-order valence-electron chi connectivity index (χ3n) is 2.57. The Hall–Kier alpha value is -0.0300. The number of hydrogen-bond acceptors (Lipinski definition) is 3. The van der Waals surface area contributed by atoms with E-state index >= 15 is 0 Å². The number of carboxylic acid groups (broad SMARTS) is 1. The Labute approximate surface area is 103 Å². The van der Waals surface area contributed by atoms with Crippen LogP contribution in [0, 0.1) is 0 Å². The van der Waals surface area contributed by atoms with Gasteiger partial charge in [-0.05, 0) is 33.5 Å². The van der Waals surface area contributed by atoms with Gasteiger partial charge in [-0.2, -0.15) is 0 Å². The molecule has 0 aromatic rings. The second kappa shape index (κ2) is 8.16. The lowest BCUT2D eigenvalue weighted by Crippen LogP contribution is -2.46. The van der Waals surface area contributed by atoms with Crippen LogP contribution in [0.2, 0.25) is 0 Å². The van der Waals surface area contributed by atoms with Gasteiger partial charge < -0.3 is 10.0 Å². The minimum Gasteiger partial charge on any atom is -0.480 e. The Morgan fingerprint density at radius 1 is 1.47 bits per heavy atom. The van der Waals surface area contributed by atoms with E-state index in [2.05, 4.69) is 19.0 Å². The maximum Gasteiger partial charge on any atom is 0.317 e. The Balaban J connectivity index is 0. The number of piperidine rings is 1. The molecular weight excluding hydrogens is 239 g/mol. The number of carboxylic acids is 1. The molecule has 1 fully saturated rings. The first-order valence-electron chi connectivity index (χ1n) is 4.70. The van der Waals surface area contributed by atoms with Crippen LogP contribution in [0.5, 0.6) is 0 Å². The van der Waals surface area contributed by atoms with E-state index < -0.39 is 5.97 Å². The fraction of sp³-hybridized carbons (Fsp3) is 0.889. The van der Waals surface area contributed by atoms with Gasteiger partial charge >= 0.3 is 5.97 Å². The first kappa shape index (κ1) is 17.4. The average Bonchev–Trinajstić information content (AvgIpc) is 2.03. The molecule has 0 amide bonds. The number of nitrogens with zero attached hydrogens (tertiary/aromatic N) is 2. The molecule has 1 rings (SSSR count). The number of likely N-dealkylation sites (tertiary alicyclic amines) is 1. The van der Waals surface area contributed by atoms with Crippen molar-refractivity contribution in [2.75, 3.05) is 33.7 Å². The molecule has 4 nitrogen and oxygen atoms in total. The van der Waals surface area contributed by atoms with Crippen molar-refractivity contribution in [3.63, 3.8) is 0 Å². The largest absolute Gasteiger partial charge is 0.480 e. The summed E-state index contributed by atoms with van der Waals surface area (Å²) in [4.78, 5) is 14.7. The summed E-state index contributed by atoms with van der Waals surface area (Å²) < 4.78 is 0. The summed E-state index contributed by atoms with van der Waals surface area (Å²) in [6.07, 6.45) is 2.29. The Morgan fingerprint density at radius 3 is 2.53 bits per heavy atom. The highest BCUT2D eigenvalue weighted by Crippen LogP contribution is 2.12. The van der Waals surface area contributed by atoms with Gasteiger partial charge in [0, 0.05) is 12.6 Å². The molecule has 1 aliphatic rings. The molecule has 0 aromatic carbocycles. The molecule has 92 valence electrons. The number of halogens is 2. The second-order valence-electron chi connectivity index (χ2n) is 3.89. The monoisotopic (exact) mass is 258 g/mol. The molecule has 1 saturated heterocycles. The molecular formula is C9H20Cl2N2O2. The number of aliphatic carboxylic acids is 1. The van der Waals surface area contributed by atoms with Crippen molar-refractivity contribution < 1.29 is 9.90 Å². The molecule has 1 heterocycles. The molecule has 1 aliphatic heterocycles. The molecule has 0 aliphatic carbocycles. The fourth-order valence-corrected chi connectivity index (χ4v) is 1.79. The third kappa shape index (κ3) is 6.20. The smallest absolute Gasteiger partial charge is 0.317 e. The van der Waals surface area contributed by atoms with Gasteiger partial charge in [0.1, 0.15) is 0 Å². The SMILES string of the molecule is CN(C)C1CCCN(CC(=O)O)C1.Cl.Cl. The Morgan fingerprint density at radius 2 is 2.07 bits per heavy atom. The number of carbonyl (C=O) groups is 1. The summed E-state index contributed by atoms with van der Waals surface area (Å²) in [7, 11) is 4.10. The zero-order chi connectivity index (χ0) is 9.84. The van der Waals surface area contributed by atoms with E-state index in [1.54, 1.807) is 0 Å². The normalized spacial score (nSPS) is 21.7. The summed E-state index contributed by atoms with van der Waals surface area (Å²) >= 11 is 0. The van der Waals surface area contributed by atoms with Crippen LogP contribution in [0.1, 0.15) is 12.8 Å². The number of likely N-dealkylation sites (N-methyl/N-ethyl adjacent to an activating group) is 1. The third-order valence-corrected chi connectivity index (χ3v) is 2.57. The predicted molar refractivity (Wildman–Crippen MR) is 65.3 cm³/mol. The quantitative estimate of drug-likeness (QED) is 0.819. The van der Waals surface area contributed by atoms with Gasteiger partial charge in [0.15, 0.2) is 0 Å². The van der Waals surface area contributed by atoms with Gasteiger partial charge in [0.05, 0.1) is 6.54 Å². The van der Waals surface area contributed by atoms with Crippen LogP contribution < -0.4 is 0 Å². The topological polar surface area (TPSA) is 43.8 Å². The van der Waals surface area contributed by atoms with Gasteiger partial charge in [0.2, 0.25) is 0 Å². The zero-order valence-corrected chi connectivity index (χ0v) is 10.8. The zero-order valence-electron chi connectivity index (χ0n) is 9.18. The minimum atomic E-state index is -0.723. The van der Waals surface area contributed by atoms with E-state index in [9.17, 15) is 4.79 Å². The molecule has 0 saturated carbocycles. The van der Waals surface area contributed by atoms with Gasteiger partial charge in [-0.1, -0.05) is 0 Å². The molecule has 0 radical (unpaired) electrons. The molecule has 0 spiro atoms. The maximum absolute atomic E-state index is 10.5. The van der Waals surface area contributed by atoms with Gasteiger partial charge in [0.25, 0.3) is 0 Å². The minimum absolute atomic E-state index is 0. The van der Waals surface area contributed by atoms with Crippen LogP contribution in [0.15, 0.2) is 0 Å². The first-order valence-corrected chi connectivity index (χ1v) is 4.70. The van der Waals surface area contributed by atoms with Crippen molar-refractivity contribution in [3.05, 3.63) is 0 Å². The van der Waals surface area contributed by atoms with E-state index in [1.807, 2.05) is 4.90 Å². The molecule has 1 atom stereocenters. The van der Waals surface area contributed by atoms with Crippen molar-refractivity contribution in [3.8, 4) is 0 Å². The average molecular weight is 259 g/mol. The lowest BCUT2D eigenvalue weighted by molar-refractivity contribution is -0.138. The van der Waals surface area contributed by atoms with Gasteiger partial charge in [-0.15, -0.1) is 24.8 Å². The molecule has 0 aromatic heterocycles. The predicted octanol–water partition coefficient (Wildman–Crippen LogP) is 0.941. The number of hydrogen-bond donors (Lipinski definition) is 1. The van der Waals surface area contributed by atoms with E-state index in [0.717, 1.165) is 19.5 Å². The highest BCUT2D eigenvalue weighted by molar-refractivity contribution is 5.85. The standard InChI is InChI=1S/C9H18N2O2.2ClH/c1-10(2)8-4-3-5-11(6-8)7-9(12)13;;/h8H,3-7H2,1-2H3,(H,12,13);2*1H. The van der Waals surface area contributed by atoms with E-state index in [4.69, 9.17) is 5.11 Å². The summed E-state index contributed by atoms with van der Waals surface area (Å²) in [5.74, 6) is -0.723. The highest BCUT2D eigenvalue weighted by atomic mass is 35.5. The molecule has 1 N–H and O–H groups in total. The Kier molecular flexibility index (Phi) is 9.45. The van der Waals surface area contributed by atoms with Gasteiger partial charge in [-0.25, -0.2) is 0 Å². The van der Waals surface area contributed by atoms with Crippen LogP contribution >= 0.6 is 24.8 Å². The summed E-state index contributed by atoms with van der Waals surface area (Å²) in [6, 6.07) is 0.521. The van der Waals surface area contributed by atoms with Crippen LogP contribution in [-0.4, -0.2) is 60.6 Å². The lowest BCUT2D eigenvalue weighted by atomic mass is 10.1. The van der Waals surface area contributed by atoms with E-state index in [-0.39, 0.29) is 31.4 Å². The van der Waals surface area contributed by atoms with E-state index in [0.29, 0.717) is 6.04 Å². The Bertz CT molecular complexity index is 191. The van der Waals surface area contributed by atoms with Gasteiger partial charge in [-0.3, -0.25) is 9.69 Å². The molecule has 0 bridgehead atoms. The van der Waals surface area contributed by atoms with Crippen LogP contribution in [0.4, 0.5) is 0 Å². The fourth-order valence-electron chi connectivity index (χ4n) is 1.79. The highest BCUT2D eigenvalue weighted by Gasteiger charge is 2.22. The second-order valence-corrected chi connectivity index (χ2v) is 3.89. The lowest BCUT2D eigenvalue weighted by Gasteiger charge is -2.35. The van der Waals surface area contributed by atoms with Crippen molar-refractivity contribution in [1.82, 2.24) is 9.80 Å². The summed E-state index contributed by atoms with van der Waals surface area (Å²) in [5.41, 5.74) is 0. The first-order chi connectivity index (χ1) is 6.09. The summed E-state index contributed by atoms with van der Waals surface area (Å²) in [5, 5.41) is 8.64. The van der Waals surface area contributed by atoms with Crippen molar-refractivity contribution in [1.29, 1.82) is 0 Å². The van der Waals surface area contributed by atoms with Crippen molar-refractivity contribution >= 4 is 30.8 Å². The summed E-state index contributed by atoms with van der Waals surface area (Å²) in [6.45, 7) is 2.00. The maximum atomic E-state index is 10.5. The number of rotatable bonds is 3. The van der Waals surface area contributed by atoms with Crippen LogP contribution in [0.25, 0.3) is 0 Å². The molecule has 1 unspecified atom stereocenters.